The number of rotatable bonds is 4. The van der Waals surface area contributed by atoms with Crippen LogP contribution < -0.4 is 15.2 Å². The standard InChI is InChI=1S/C14H13N3O3/c1-19-9-4-3-8(5-10(9)20-2)11-12(13(17)18)14(11,6-15)7-16/h3-5,11-12H,1-2H3,(H2,17,18). The average Bonchev–Trinajstić information content (AvgIpc) is 3.16. The van der Waals surface area contributed by atoms with E-state index in [4.69, 9.17) is 15.2 Å². The first-order valence-electron chi connectivity index (χ1n) is 5.89. The molecule has 1 fully saturated rings. The van der Waals surface area contributed by atoms with Gasteiger partial charge in [0, 0.05) is 5.92 Å². The molecule has 2 N–H and O–H groups in total. The van der Waals surface area contributed by atoms with Crippen LogP contribution in [0, 0.1) is 34.0 Å². The summed E-state index contributed by atoms with van der Waals surface area (Å²) in [6, 6.07) is 8.87. The molecule has 2 atom stereocenters. The van der Waals surface area contributed by atoms with Crippen molar-refractivity contribution >= 4 is 5.91 Å². The number of nitrogens with two attached hydrogens (primary N) is 1. The average molecular weight is 271 g/mol. The number of nitriles is 2. The van der Waals surface area contributed by atoms with Crippen LogP contribution in [0.1, 0.15) is 11.5 Å². The van der Waals surface area contributed by atoms with Gasteiger partial charge in [-0.3, -0.25) is 4.79 Å². The van der Waals surface area contributed by atoms with E-state index in [9.17, 15) is 15.3 Å². The Labute approximate surface area is 116 Å². The molecule has 0 aliphatic heterocycles. The zero-order valence-corrected chi connectivity index (χ0v) is 11.1. The first kappa shape index (κ1) is 13.7. The molecule has 0 aromatic heterocycles. The third-order valence-electron chi connectivity index (χ3n) is 3.65. The number of hydrogen-bond donors (Lipinski definition) is 1. The molecule has 6 heteroatoms. The van der Waals surface area contributed by atoms with Crippen molar-refractivity contribution in [3.8, 4) is 23.6 Å². The van der Waals surface area contributed by atoms with Crippen LogP contribution in [0.5, 0.6) is 11.5 Å². The van der Waals surface area contributed by atoms with Gasteiger partial charge in [-0.25, -0.2) is 0 Å². The maximum atomic E-state index is 11.4. The zero-order chi connectivity index (χ0) is 14.9. The van der Waals surface area contributed by atoms with Gasteiger partial charge in [0.15, 0.2) is 16.9 Å². The molecule has 1 amide bonds. The molecule has 1 saturated carbocycles. The molecule has 0 radical (unpaired) electrons. The number of carbonyl (C=O) groups excluding carboxylic acids is 1. The topological polar surface area (TPSA) is 109 Å². The van der Waals surface area contributed by atoms with Crippen LogP contribution in [0.4, 0.5) is 0 Å². The minimum absolute atomic E-state index is 0.477. The van der Waals surface area contributed by atoms with Crippen LogP contribution in [0.2, 0.25) is 0 Å². The van der Waals surface area contributed by atoms with E-state index in [0.29, 0.717) is 17.1 Å². The van der Waals surface area contributed by atoms with Gasteiger partial charge in [-0.15, -0.1) is 0 Å². The minimum Gasteiger partial charge on any atom is -0.493 e. The summed E-state index contributed by atoms with van der Waals surface area (Å²) in [6.07, 6.45) is 0. The number of methoxy groups -OCH3 is 2. The minimum atomic E-state index is -1.38. The first-order chi connectivity index (χ1) is 9.55. The molecule has 6 nitrogen and oxygen atoms in total. The highest BCUT2D eigenvalue weighted by Gasteiger charge is 2.70. The molecule has 2 unspecified atom stereocenters. The van der Waals surface area contributed by atoms with Gasteiger partial charge in [0.25, 0.3) is 0 Å². The summed E-state index contributed by atoms with van der Waals surface area (Å²) in [4.78, 5) is 11.4. The summed E-state index contributed by atoms with van der Waals surface area (Å²) in [5.74, 6) is -0.963. The number of nitrogens with zero attached hydrogens (tertiary/aromatic N) is 2. The van der Waals surface area contributed by atoms with Crippen molar-refractivity contribution in [2.75, 3.05) is 14.2 Å². The van der Waals surface area contributed by atoms with Crippen LogP contribution in [0.25, 0.3) is 0 Å². The van der Waals surface area contributed by atoms with Crippen molar-refractivity contribution in [2.24, 2.45) is 17.1 Å². The maximum absolute atomic E-state index is 11.4. The highest BCUT2D eigenvalue weighted by molar-refractivity contribution is 5.85. The van der Waals surface area contributed by atoms with Crippen LogP contribution in [0.3, 0.4) is 0 Å². The maximum Gasteiger partial charge on any atom is 0.223 e. The lowest BCUT2D eigenvalue weighted by Gasteiger charge is -2.09. The normalized spacial score (nSPS) is 22.2. The van der Waals surface area contributed by atoms with Crippen molar-refractivity contribution in [1.82, 2.24) is 0 Å². The molecule has 2 rings (SSSR count). The summed E-state index contributed by atoms with van der Waals surface area (Å²) < 4.78 is 10.3. The van der Waals surface area contributed by atoms with E-state index in [1.54, 1.807) is 18.2 Å². The smallest absolute Gasteiger partial charge is 0.223 e. The fourth-order valence-electron chi connectivity index (χ4n) is 2.58. The molecule has 1 aromatic rings. The molecular weight excluding hydrogens is 258 g/mol. The second-order valence-electron chi connectivity index (χ2n) is 4.56. The number of hydrogen-bond acceptors (Lipinski definition) is 5. The van der Waals surface area contributed by atoms with E-state index >= 15 is 0 Å². The Morgan fingerprint density at radius 2 is 1.85 bits per heavy atom. The molecule has 0 bridgehead atoms. The van der Waals surface area contributed by atoms with Crippen molar-refractivity contribution in [3.05, 3.63) is 23.8 Å². The predicted molar refractivity (Wildman–Crippen MR) is 68.6 cm³/mol. The largest absolute Gasteiger partial charge is 0.493 e. The Bertz CT molecular complexity index is 628. The second-order valence-corrected chi connectivity index (χ2v) is 4.56. The Hall–Kier alpha value is -2.73. The quantitative estimate of drug-likeness (QED) is 0.876. The highest BCUT2D eigenvalue weighted by atomic mass is 16.5. The molecular formula is C14H13N3O3. The Balaban J connectivity index is 2.46. The predicted octanol–water partition coefficient (Wildman–Crippen LogP) is 0.936. The SMILES string of the molecule is COc1ccc(C2C(C(N)=O)C2(C#N)C#N)cc1OC. The summed E-state index contributed by atoms with van der Waals surface area (Å²) in [5.41, 5.74) is 4.56. The number of amides is 1. The number of benzene rings is 1. The number of carbonyl (C=O) groups is 1. The van der Waals surface area contributed by atoms with Gasteiger partial charge in [0.05, 0.1) is 32.3 Å². The van der Waals surface area contributed by atoms with Crippen molar-refractivity contribution in [3.63, 3.8) is 0 Å². The third-order valence-corrected chi connectivity index (χ3v) is 3.65. The lowest BCUT2D eigenvalue weighted by Crippen LogP contribution is -2.17. The van der Waals surface area contributed by atoms with Crippen LogP contribution in [-0.4, -0.2) is 20.1 Å². The lowest BCUT2D eigenvalue weighted by atomic mass is 10.0. The Morgan fingerprint density at radius 1 is 1.25 bits per heavy atom. The summed E-state index contributed by atoms with van der Waals surface area (Å²) in [6.45, 7) is 0. The molecule has 0 spiro atoms. The molecule has 1 aliphatic carbocycles. The Morgan fingerprint density at radius 3 is 2.25 bits per heavy atom. The van der Waals surface area contributed by atoms with Gasteiger partial charge in [-0.1, -0.05) is 6.07 Å². The van der Waals surface area contributed by atoms with Crippen LogP contribution in [-0.2, 0) is 4.79 Å². The van der Waals surface area contributed by atoms with E-state index < -0.39 is 23.2 Å². The number of ether oxygens (including phenoxy) is 2. The molecule has 0 saturated heterocycles. The second kappa shape index (κ2) is 4.75. The van der Waals surface area contributed by atoms with E-state index in [1.807, 2.05) is 12.1 Å². The van der Waals surface area contributed by atoms with Gasteiger partial charge in [0.2, 0.25) is 5.91 Å². The highest BCUT2D eigenvalue weighted by Crippen LogP contribution is 2.64. The molecule has 0 heterocycles. The Kier molecular flexibility index (Phi) is 3.25. The molecule has 1 aliphatic rings. The van der Waals surface area contributed by atoms with Gasteiger partial charge < -0.3 is 15.2 Å². The van der Waals surface area contributed by atoms with E-state index in [-0.39, 0.29) is 0 Å². The summed E-state index contributed by atoms with van der Waals surface area (Å²) in [7, 11) is 3.00. The summed E-state index contributed by atoms with van der Waals surface area (Å²) >= 11 is 0. The van der Waals surface area contributed by atoms with Crippen molar-refractivity contribution < 1.29 is 14.3 Å². The molecule has 1 aromatic carbocycles. The number of primary amides is 1. The fourth-order valence-corrected chi connectivity index (χ4v) is 2.58. The van der Waals surface area contributed by atoms with E-state index in [2.05, 4.69) is 0 Å². The van der Waals surface area contributed by atoms with E-state index in [0.717, 1.165) is 0 Å². The fraction of sp³-hybridized carbons (Fsp3) is 0.357. The van der Waals surface area contributed by atoms with Gasteiger partial charge in [0.1, 0.15) is 0 Å². The van der Waals surface area contributed by atoms with Gasteiger partial charge in [-0.2, -0.15) is 10.5 Å². The summed E-state index contributed by atoms with van der Waals surface area (Å²) in [5, 5.41) is 18.4. The first-order valence-corrected chi connectivity index (χ1v) is 5.89. The van der Waals surface area contributed by atoms with Crippen molar-refractivity contribution in [2.45, 2.75) is 5.92 Å². The lowest BCUT2D eigenvalue weighted by molar-refractivity contribution is -0.119. The third kappa shape index (κ3) is 1.74. The zero-order valence-electron chi connectivity index (χ0n) is 11.1. The van der Waals surface area contributed by atoms with Crippen LogP contribution >= 0.6 is 0 Å². The van der Waals surface area contributed by atoms with Gasteiger partial charge in [-0.05, 0) is 17.7 Å². The molecule has 20 heavy (non-hydrogen) atoms. The van der Waals surface area contributed by atoms with Crippen LogP contribution in [0.15, 0.2) is 18.2 Å². The van der Waals surface area contributed by atoms with Gasteiger partial charge >= 0.3 is 0 Å². The monoisotopic (exact) mass is 271 g/mol. The molecule has 102 valence electrons. The van der Waals surface area contributed by atoms with Crippen molar-refractivity contribution in [1.29, 1.82) is 10.5 Å². The van der Waals surface area contributed by atoms with E-state index in [1.165, 1.54) is 14.2 Å².